The van der Waals surface area contributed by atoms with E-state index >= 15 is 0 Å². The molecule has 1 unspecified atom stereocenters. The maximum atomic E-state index is 11.8. The molecule has 1 aromatic rings. The van der Waals surface area contributed by atoms with Gasteiger partial charge in [0.1, 0.15) is 11.0 Å². The van der Waals surface area contributed by atoms with Gasteiger partial charge in [-0.15, -0.1) is 0 Å². The molecule has 4 nitrogen and oxygen atoms in total. The van der Waals surface area contributed by atoms with E-state index in [1.54, 1.807) is 4.57 Å². The number of rotatable bonds is 4. The van der Waals surface area contributed by atoms with Crippen LogP contribution >= 0.6 is 11.6 Å². The minimum Gasteiger partial charge on any atom is -0.396 e. The van der Waals surface area contributed by atoms with E-state index in [1.165, 1.54) is 6.07 Å². The second kappa shape index (κ2) is 5.46. The molecule has 5 heteroatoms. The van der Waals surface area contributed by atoms with Crippen LogP contribution in [0.1, 0.15) is 32.5 Å². The molecule has 0 fully saturated rings. The minimum atomic E-state index is -0.163. The molecule has 1 aromatic heterocycles. The third-order valence-electron chi connectivity index (χ3n) is 2.33. The fourth-order valence-electron chi connectivity index (χ4n) is 1.49. The summed E-state index contributed by atoms with van der Waals surface area (Å²) in [6.45, 7) is 6.31. The Labute approximate surface area is 99.9 Å². The van der Waals surface area contributed by atoms with Gasteiger partial charge in [-0.25, -0.2) is 4.98 Å². The summed E-state index contributed by atoms with van der Waals surface area (Å²) in [7, 11) is 0. The topological polar surface area (TPSA) is 55.1 Å². The molecule has 1 atom stereocenters. The zero-order valence-electron chi connectivity index (χ0n) is 9.77. The van der Waals surface area contributed by atoms with Crippen molar-refractivity contribution in [2.45, 2.75) is 33.2 Å². The lowest BCUT2D eigenvalue weighted by Gasteiger charge is -2.17. The van der Waals surface area contributed by atoms with Gasteiger partial charge in [-0.3, -0.25) is 9.36 Å². The smallest absolute Gasteiger partial charge is 0.254 e. The molecule has 16 heavy (non-hydrogen) atoms. The van der Waals surface area contributed by atoms with E-state index in [0.29, 0.717) is 12.4 Å². The van der Waals surface area contributed by atoms with Gasteiger partial charge in [-0.1, -0.05) is 32.4 Å². The van der Waals surface area contributed by atoms with Crippen molar-refractivity contribution >= 4 is 11.6 Å². The molecule has 0 aromatic carbocycles. The normalized spacial score (nSPS) is 13.1. The van der Waals surface area contributed by atoms with Crippen LogP contribution in [0.5, 0.6) is 0 Å². The predicted octanol–water partition coefficient (Wildman–Crippen LogP) is 1.65. The molecule has 0 saturated heterocycles. The standard InChI is InChI=1S/C11H17ClN2O2/c1-7(2)11-13-9(12)4-10(16)14(11)5-8(3)6-15/h4,7-8,15H,5-6H2,1-3H3. The molecule has 90 valence electrons. The van der Waals surface area contributed by atoms with E-state index < -0.39 is 0 Å². The first kappa shape index (κ1) is 13.2. The van der Waals surface area contributed by atoms with Crippen LogP contribution in [0.3, 0.4) is 0 Å². The Balaban J connectivity index is 3.19. The Morgan fingerprint density at radius 2 is 2.12 bits per heavy atom. The highest BCUT2D eigenvalue weighted by atomic mass is 35.5. The van der Waals surface area contributed by atoms with Gasteiger partial charge >= 0.3 is 0 Å². The number of aromatic nitrogens is 2. The second-order valence-electron chi connectivity index (χ2n) is 4.33. The van der Waals surface area contributed by atoms with Crippen molar-refractivity contribution in [3.05, 3.63) is 27.4 Å². The summed E-state index contributed by atoms with van der Waals surface area (Å²) >= 11 is 5.76. The number of aliphatic hydroxyl groups excluding tert-OH is 1. The Hall–Kier alpha value is -0.870. The van der Waals surface area contributed by atoms with Crippen molar-refractivity contribution in [2.24, 2.45) is 5.92 Å². The van der Waals surface area contributed by atoms with Gasteiger partial charge in [0.25, 0.3) is 5.56 Å². The van der Waals surface area contributed by atoms with E-state index in [4.69, 9.17) is 16.7 Å². The van der Waals surface area contributed by atoms with E-state index in [-0.39, 0.29) is 29.2 Å². The fourth-order valence-corrected chi connectivity index (χ4v) is 1.67. The van der Waals surface area contributed by atoms with Crippen molar-refractivity contribution in [2.75, 3.05) is 6.61 Å². The van der Waals surface area contributed by atoms with Crippen molar-refractivity contribution in [3.63, 3.8) is 0 Å². The maximum Gasteiger partial charge on any atom is 0.254 e. The van der Waals surface area contributed by atoms with Crippen LogP contribution < -0.4 is 5.56 Å². The lowest BCUT2D eigenvalue weighted by molar-refractivity contribution is 0.220. The average Bonchev–Trinajstić information content (AvgIpc) is 2.20. The van der Waals surface area contributed by atoms with Crippen LogP contribution in [0.4, 0.5) is 0 Å². The van der Waals surface area contributed by atoms with Crippen molar-refractivity contribution in [1.82, 2.24) is 9.55 Å². The number of nitrogens with zero attached hydrogens (tertiary/aromatic N) is 2. The molecular weight excluding hydrogens is 228 g/mol. The van der Waals surface area contributed by atoms with Crippen LogP contribution in [-0.2, 0) is 6.54 Å². The lowest BCUT2D eigenvalue weighted by atomic mass is 10.1. The highest BCUT2D eigenvalue weighted by Gasteiger charge is 2.13. The molecule has 0 radical (unpaired) electrons. The molecule has 0 spiro atoms. The molecule has 0 saturated carbocycles. The number of halogens is 1. The first-order chi connectivity index (χ1) is 7.45. The van der Waals surface area contributed by atoms with Gasteiger partial charge in [0.05, 0.1) is 0 Å². The molecule has 1 heterocycles. The molecule has 0 bridgehead atoms. The molecule has 1 N–H and O–H groups in total. The largest absolute Gasteiger partial charge is 0.396 e. The molecular formula is C11H17ClN2O2. The van der Waals surface area contributed by atoms with Gasteiger partial charge in [0.15, 0.2) is 0 Å². The minimum absolute atomic E-state index is 0.0261. The van der Waals surface area contributed by atoms with E-state index in [2.05, 4.69) is 4.98 Å². The number of aliphatic hydroxyl groups is 1. The van der Waals surface area contributed by atoms with E-state index in [9.17, 15) is 4.79 Å². The lowest BCUT2D eigenvalue weighted by Crippen LogP contribution is -2.28. The SMILES string of the molecule is CC(CO)Cn1c(C(C)C)nc(Cl)cc1=O. The van der Waals surface area contributed by atoms with Crippen LogP contribution in [0.2, 0.25) is 5.15 Å². The van der Waals surface area contributed by atoms with Crippen LogP contribution in [0.25, 0.3) is 0 Å². The number of hydrogen-bond acceptors (Lipinski definition) is 3. The zero-order valence-corrected chi connectivity index (χ0v) is 10.5. The molecule has 1 rings (SSSR count). The van der Waals surface area contributed by atoms with Gasteiger partial charge in [0.2, 0.25) is 0 Å². The van der Waals surface area contributed by atoms with E-state index in [0.717, 1.165) is 0 Å². The monoisotopic (exact) mass is 244 g/mol. The maximum absolute atomic E-state index is 11.8. The Morgan fingerprint density at radius 1 is 1.50 bits per heavy atom. The Kier molecular flexibility index (Phi) is 4.50. The summed E-state index contributed by atoms with van der Waals surface area (Å²) < 4.78 is 1.58. The highest BCUT2D eigenvalue weighted by molar-refractivity contribution is 6.29. The fraction of sp³-hybridized carbons (Fsp3) is 0.636. The Morgan fingerprint density at radius 3 is 2.62 bits per heavy atom. The van der Waals surface area contributed by atoms with E-state index in [1.807, 2.05) is 20.8 Å². The zero-order chi connectivity index (χ0) is 12.3. The molecule has 0 aliphatic rings. The van der Waals surface area contributed by atoms with Crippen LogP contribution in [0.15, 0.2) is 10.9 Å². The third kappa shape index (κ3) is 3.06. The third-order valence-corrected chi connectivity index (χ3v) is 2.52. The van der Waals surface area contributed by atoms with Crippen LogP contribution in [0, 0.1) is 5.92 Å². The van der Waals surface area contributed by atoms with Gasteiger partial charge in [-0.05, 0) is 5.92 Å². The summed E-state index contributed by atoms with van der Waals surface area (Å²) in [6, 6.07) is 1.30. The second-order valence-corrected chi connectivity index (χ2v) is 4.72. The number of hydrogen-bond donors (Lipinski definition) is 1. The summed E-state index contributed by atoms with van der Waals surface area (Å²) in [4.78, 5) is 15.9. The van der Waals surface area contributed by atoms with Gasteiger partial charge < -0.3 is 5.11 Å². The average molecular weight is 245 g/mol. The molecule has 0 amide bonds. The predicted molar refractivity (Wildman–Crippen MR) is 63.8 cm³/mol. The summed E-state index contributed by atoms with van der Waals surface area (Å²) in [5, 5.41) is 9.23. The molecule has 0 aliphatic carbocycles. The quantitative estimate of drug-likeness (QED) is 0.820. The van der Waals surface area contributed by atoms with Crippen molar-refractivity contribution in [3.8, 4) is 0 Å². The van der Waals surface area contributed by atoms with Crippen molar-refractivity contribution < 1.29 is 5.11 Å². The summed E-state index contributed by atoms with van der Waals surface area (Å²) in [6.07, 6.45) is 0. The first-order valence-corrected chi connectivity index (χ1v) is 5.71. The van der Waals surface area contributed by atoms with Gasteiger partial charge in [-0.2, -0.15) is 0 Å². The summed E-state index contributed by atoms with van der Waals surface area (Å²) in [5.74, 6) is 0.813. The first-order valence-electron chi connectivity index (χ1n) is 5.33. The molecule has 0 aliphatic heterocycles. The van der Waals surface area contributed by atoms with Crippen molar-refractivity contribution in [1.29, 1.82) is 0 Å². The van der Waals surface area contributed by atoms with Gasteiger partial charge in [0, 0.05) is 25.1 Å². The highest BCUT2D eigenvalue weighted by Crippen LogP contribution is 2.13. The Bertz CT molecular complexity index is 415. The van der Waals surface area contributed by atoms with Crippen LogP contribution in [-0.4, -0.2) is 21.3 Å². The summed E-state index contributed by atoms with van der Waals surface area (Å²) in [5.41, 5.74) is -0.163.